The van der Waals surface area contributed by atoms with E-state index in [0.717, 1.165) is 51.3 Å². The zero-order valence-electron chi connectivity index (χ0n) is 19.2. The molecule has 33 heavy (non-hydrogen) atoms. The predicted octanol–water partition coefficient (Wildman–Crippen LogP) is 5.22. The third-order valence-electron chi connectivity index (χ3n) is 6.15. The van der Waals surface area contributed by atoms with E-state index in [1.165, 1.54) is 16.8 Å². The first-order valence-electron chi connectivity index (χ1n) is 11.6. The molecule has 0 aromatic heterocycles. The molecule has 0 spiro atoms. The summed E-state index contributed by atoms with van der Waals surface area (Å²) in [5.74, 6) is 1.56. The number of nitriles is 1. The van der Waals surface area contributed by atoms with Gasteiger partial charge in [-0.1, -0.05) is 42.5 Å². The Balaban J connectivity index is 1.24. The highest BCUT2D eigenvalue weighted by Gasteiger charge is 2.19. The number of nitrogens with zero attached hydrogens (tertiary/aromatic N) is 3. The van der Waals surface area contributed by atoms with Crippen molar-refractivity contribution in [1.29, 1.82) is 5.26 Å². The first-order chi connectivity index (χ1) is 16.3. The summed E-state index contributed by atoms with van der Waals surface area (Å²) in [5.41, 5.74) is 4.38. The van der Waals surface area contributed by atoms with Crippen molar-refractivity contribution in [2.45, 2.75) is 12.8 Å². The van der Waals surface area contributed by atoms with Crippen LogP contribution in [0.2, 0.25) is 0 Å². The van der Waals surface area contributed by atoms with Gasteiger partial charge >= 0.3 is 0 Å². The minimum Gasteiger partial charge on any atom is -0.497 e. The number of para-hydroxylation sites is 2. The van der Waals surface area contributed by atoms with Gasteiger partial charge in [0.25, 0.3) is 0 Å². The van der Waals surface area contributed by atoms with E-state index in [9.17, 15) is 0 Å². The van der Waals surface area contributed by atoms with Gasteiger partial charge in [0.15, 0.2) is 0 Å². The van der Waals surface area contributed by atoms with Crippen molar-refractivity contribution in [3.63, 3.8) is 0 Å². The number of hydrogen-bond donors (Lipinski definition) is 0. The summed E-state index contributed by atoms with van der Waals surface area (Å²) in [4.78, 5) is 5.04. The highest BCUT2D eigenvalue weighted by atomic mass is 16.5. The van der Waals surface area contributed by atoms with Gasteiger partial charge in [-0.05, 0) is 55.3 Å². The fourth-order valence-electron chi connectivity index (χ4n) is 4.28. The Morgan fingerprint density at radius 2 is 1.58 bits per heavy atom. The summed E-state index contributed by atoms with van der Waals surface area (Å²) in [6.45, 7) is 5.91. The molecule has 1 fully saturated rings. The zero-order chi connectivity index (χ0) is 22.9. The lowest BCUT2D eigenvalue weighted by Crippen LogP contribution is -2.46. The summed E-state index contributed by atoms with van der Waals surface area (Å²) >= 11 is 0. The average molecular weight is 442 g/mol. The van der Waals surface area contributed by atoms with Crippen LogP contribution >= 0.6 is 0 Å². The van der Waals surface area contributed by atoms with Crippen LogP contribution in [-0.4, -0.2) is 51.3 Å². The monoisotopic (exact) mass is 441 g/mol. The van der Waals surface area contributed by atoms with Crippen molar-refractivity contribution in [1.82, 2.24) is 4.90 Å². The third kappa shape index (κ3) is 5.85. The first-order valence-corrected chi connectivity index (χ1v) is 11.6. The molecule has 0 saturated carbocycles. The minimum atomic E-state index is 0.601. The second-order valence-corrected chi connectivity index (χ2v) is 8.24. The number of benzene rings is 3. The molecule has 5 heteroatoms. The van der Waals surface area contributed by atoms with Gasteiger partial charge in [-0.3, -0.25) is 4.90 Å². The highest BCUT2D eigenvalue weighted by Crippen LogP contribution is 2.32. The van der Waals surface area contributed by atoms with Gasteiger partial charge in [0.05, 0.1) is 19.3 Å². The standard InChI is InChI=1S/C28H31N3O2/c1-32-25-14-12-23(13-15-25)26-9-3-4-10-27(26)31-19-17-30(18-20-31)16-6-7-21-33-28-11-5-2-8-24(28)22-29/h2-5,8-15H,6-7,16-21H2,1H3. The quantitative estimate of drug-likeness (QED) is 0.426. The summed E-state index contributed by atoms with van der Waals surface area (Å²) in [6.07, 6.45) is 2.08. The molecule has 170 valence electrons. The molecule has 0 aliphatic carbocycles. The summed E-state index contributed by atoms with van der Waals surface area (Å²) in [5, 5.41) is 9.15. The van der Waals surface area contributed by atoms with Gasteiger partial charge in [0.2, 0.25) is 0 Å². The van der Waals surface area contributed by atoms with Crippen LogP contribution in [0.4, 0.5) is 5.69 Å². The van der Waals surface area contributed by atoms with E-state index in [4.69, 9.17) is 14.7 Å². The molecule has 0 amide bonds. The maximum atomic E-state index is 9.15. The molecule has 1 aliphatic rings. The Hall–Kier alpha value is -3.49. The molecule has 0 N–H and O–H groups in total. The average Bonchev–Trinajstić information content (AvgIpc) is 2.89. The lowest BCUT2D eigenvalue weighted by molar-refractivity contribution is 0.238. The number of rotatable bonds is 9. The summed E-state index contributed by atoms with van der Waals surface area (Å²) in [7, 11) is 1.70. The normalized spacial score (nSPS) is 14.0. The predicted molar refractivity (Wildman–Crippen MR) is 133 cm³/mol. The van der Waals surface area contributed by atoms with Gasteiger partial charge in [-0.25, -0.2) is 0 Å². The van der Waals surface area contributed by atoms with Crippen molar-refractivity contribution < 1.29 is 9.47 Å². The van der Waals surface area contributed by atoms with E-state index in [-0.39, 0.29) is 0 Å². The lowest BCUT2D eigenvalue weighted by Gasteiger charge is -2.37. The van der Waals surface area contributed by atoms with Crippen molar-refractivity contribution in [2.75, 3.05) is 51.3 Å². The second kappa shape index (κ2) is 11.4. The Kier molecular flexibility index (Phi) is 7.84. The van der Waals surface area contributed by atoms with E-state index in [1.54, 1.807) is 13.2 Å². The molecule has 3 aromatic rings. The molecule has 1 saturated heterocycles. The molecular formula is C28H31N3O2. The Morgan fingerprint density at radius 1 is 0.848 bits per heavy atom. The first kappa shape index (κ1) is 22.7. The summed E-state index contributed by atoms with van der Waals surface area (Å²) in [6, 6.07) is 26.6. The number of piperazine rings is 1. The van der Waals surface area contributed by atoms with Crippen LogP contribution in [0.5, 0.6) is 11.5 Å². The fourth-order valence-corrected chi connectivity index (χ4v) is 4.28. The zero-order valence-corrected chi connectivity index (χ0v) is 19.2. The van der Waals surface area contributed by atoms with Crippen LogP contribution in [0, 0.1) is 11.3 Å². The number of methoxy groups -OCH3 is 1. The smallest absolute Gasteiger partial charge is 0.137 e. The van der Waals surface area contributed by atoms with Crippen molar-refractivity contribution in [3.8, 4) is 28.7 Å². The Labute approximate surface area is 196 Å². The van der Waals surface area contributed by atoms with Gasteiger partial charge in [-0.2, -0.15) is 5.26 Å². The summed E-state index contributed by atoms with van der Waals surface area (Å²) < 4.78 is 11.1. The van der Waals surface area contributed by atoms with E-state index < -0.39 is 0 Å². The van der Waals surface area contributed by atoms with E-state index in [2.05, 4.69) is 52.3 Å². The van der Waals surface area contributed by atoms with Crippen molar-refractivity contribution in [2.24, 2.45) is 0 Å². The SMILES string of the molecule is COc1ccc(-c2ccccc2N2CCN(CCCCOc3ccccc3C#N)CC2)cc1. The molecule has 0 bridgehead atoms. The number of unbranched alkanes of at least 4 members (excludes halogenated alkanes) is 1. The number of hydrogen-bond acceptors (Lipinski definition) is 5. The van der Waals surface area contributed by atoms with Crippen LogP contribution in [-0.2, 0) is 0 Å². The maximum Gasteiger partial charge on any atom is 0.137 e. The molecular weight excluding hydrogens is 410 g/mol. The minimum absolute atomic E-state index is 0.601. The van der Waals surface area contributed by atoms with Gasteiger partial charge in [0, 0.05) is 37.4 Å². The van der Waals surface area contributed by atoms with Crippen molar-refractivity contribution >= 4 is 5.69 Å². The highest BCUT2D eigenvalue weighted by molar-refractivity contribution is 5.79. The molecule has 1 heterocycles. The van der Waals surface area contributed by atoms with Crippen LogP contribution in [0.15, 0.2) is 72.8 Å². The van der Waals surface area contributed by atoms with Gasteiger partial charge in [-0.15, -0.1) is 0 Å². The second-order valence-electron chi connectivity index (χ2n) is 8.24. The van der Waals surface area contributed by atoms with Gasteiger partial charge < -0.3 is 14.4 Å². The molecule has 1 aliphatic heterocycles. The van der Waals surface area contributed by atoms with E-state index >= 15 is 0 Å². The molecule has 0 radical (unpaired) electrons. The Bertz CT molecular complexity index is 1070. The molecule has 0 unspecified atom stereocenters. The van der Waals surface area contributed by atoms with Crippen LogP contribution in [0.3, 0.4) is 0 Å². The lowest BCUT2D eigenvalue weighted by atomic mass is 10.0. The largest absolute Gasteiger partial charge is 0.497 e. The van der Waals surface area contributed by atoms with Crippen LogP contribution < -0.4 is 14.4 Å². The Morgan fingerprint density at radius 3 is 2.33 bits per heavy atom. The van der Waals surface area contributed by atoms with Crippen LogP contribution in [0.25, 0.3) is 11.1 Å². The molecule has 4 rings (SSSR count). The molecule has 5 nitrogen and oxygen atoms in total. The van der Waals surface area contributed by atoms with Gasteiger partial charge in [0.1, 0.15) is 17.6 Å². The third-order valence-corrected chi connectivity index (χ3v) is 6.15. The van der Waals surface area contributed by atoms with E-state index in [0.29, 0.717) is 17.9 Å². The topological polar surface area (TPSA) is 48.7 Å². The molecule has 0 atom stereocenters. The molecule has 3 aromatic carbocycles. The van der Waals surface area contributed by atoms with E-state index in [1.807, 2.05) is 30.3 Å². The number of ether oxygens (including phenoxy) is 2. The number of anilines is 1. The van der Waals surface area contributed by atoms with Crippen molar-refractivity contribution in [3.05, 3.63) is 78.4 Å². The fraction of sp³-hybridized carbons (Fsp3) is 0.321. The van der Waals surface area contributed by atoms with Crippen LogP contribution in [0.1, 0.15) is 18.4 Å². The maximum absolute atomic E-state index is 9.15.